The lowest BCUT2D eigenvalue weighted by atomic mass is 10.2. The van der Waals surface area contributed by atoms with E-state index in [4.69, 9.17) is 4.74 Å². The number of nitrogens with zero attached hydrogens (tertiary/aromatic N) is 2. The molecule has 2 aromatic rings. The predicted molar refractivity (Wildman–Crippen MR) is 101 cm³/mol. The molecule has 7 nitrogen and oxygen atoms in total. The summed E-state index contributed by atoms with van der Waals surface area (Å²) in [5.41, 5.74) is 1.36. The van der Waals surface area contributed by atoms with Gasteiger partial charge < -0.3 is 4.74 Å². The van der Waals surface area contributed by atoms with Crippen LogP contribution in [0.4, 0.5) is 5.13 Å². The molecule has 0 fully saturated rings. The van der Waals surface area contributed by atoms with Crippen LogP contribution in [0.1, 0.15) is 34.8 Å². The monoisotopic (exact) mass is 395 g/mol. The summed E-state index contributed by atoms with van der Waals surface area (Å²) in [5.74, 6) is 0.453. The van der Waals surface area contributed by atoms with Gasteiger partial charge in [-0.15, -0.1) is 11.3 Å². The Hall–Kier alpha value is -1.97. The van der Waals surface area contributed by atoms with E-state index in [0.717, 1.165) is 10.6 Å². The average molecular weight is 396 g/mol. The van der Waals surface area contributed by atoms with Crippen molar-refractivity contribution in [3.8, 4) is 5.75 Å². The Morgan fingerprint density at radius 3 is 2.62 bits per heavy atom. The number of aromatic nitrogens is 1. The molecule has 1 aliphatic rings. The van der Waals surface area contributed by atoms with E-state index in [-0.39, 0.29) is 12.0 Å². The maximum atomic E-state index is 12.4. The predicted octanol–water partition coefficient (Wildman–Crippen LogP) is 2.50. The summed E-state index contributed by atoms with van der Waals surface area (Å²) in [6, 6.07) is 6.91. The fraction of sp³-hybridized carbons (Fsp3) is 0.412. The number of hydrogen-bond donors (Lipinski definition) is 1. The van der Waals surface area contributed by atoms with Crippen molar-refractivity contribution in [1.29, 1.82) is 0 Å². The van der Waals surface area contributed by atoms with Crippen LogP contribution in [0.25, 0.3) is 0 Å². The first kappa shape index (κ1) is 18.8. The summed E-state index contributed by atoms with van der Waals surface area (Å²) in [6.07, 6.45) is 1.83. The second-order valence-corrected chi connectivity index (χ2v) is 9.45. The molecule has 1 N–H and O–H groups in total. The topological polar surface area (TPSA) is 88.6 Å². The molecule has 1 amide bonds. The molecule has 1 aliphatic heterocycles. The molecule has 26 heavy (non-hydrogen) atoms. The van der Waals surface area contributed by atoms with Crippen molar-refractivity contribution in [3.05, 3.63) is 40.4 Å². The molecule has 0 spiro atoms. The van der Waals surface area contributed by atoms with E-state index in [9.17, 15) is 13.2 Å². The Balaban J connectivity index is 1.68. The van der Waals surface area contributed by atoms with Gasteiger partial charge in [0.25, 0.3) is 5.91 Å². The summed E-state index contributed by atoms with van der Waals surface area (Å²) in [6.45, 7) is 4.61. The maximum absolute atomic E-state index is 12.4. The minimum atomic E-state index is -3.23. The van der Waals surface area contributed by atoms with Crippen LogP contribution in [0.2, 0.25) is 0 Å². The van der Waals surface area contributed by atoms with Gasteiger partial charge in [-0.25, -0.2) is 13.4 Å². The summed E-state index contributed by atoms with van der Waals surface area (Å²) in [7, 11) is -3.23. The number of nitrogens with one attached hydrogen (secondary N) is 1. The number of sulfonamides is 1. The van der Waals surface area contributed by atoms with Crippen molar-refractivity contribution in [3.63, 3.8) is 0 Å². The number of amides is 1. The van der Waals surface area contributed by atoms with Crippen LogP contribution >= 0.6 is 11.3 Å². The number of carbonyl (C=O) groups is 1. The van der Waals surface area contributed by atoms with Gasteiger partial charge in [0.05, 0.1) is 18.1 Å². The van der Waals surface area contributed by atoms with E-state index >= 15 is 0 Å². The van der Waals surface area contributed by atoms with Crippen molar-refractivity contribution in [1.82, 2.24) is 9.29 Å². The zero-order valence-corrected chi connectivity index (χ0v) is 16.5. The van der Waals surface area contributed by atoms with E-state index in [1.807, 2.05) is 13.8 Å². The van der Waals surface area contributed by atoms with Crippen molar-refractivity contribution in [2.24, 2.45) is 0 Å². The first-order valence-electron chi connectivity index (χ1n) is 8.24. The lowest BCUT2D eigenvalue weighted by molar-refractivity contribution is 0.102. The average Bonchev–Trinajstić information content (AvgIpc) is 2.95. The second-order valence-electron chi connectivity index (χ2n) is 6.38. The number of carbonyl (C=O) groups excluding carboxylic acids is 1. The van der Waals surface area contributed by atoms with Crippen LogP contribution in [0.5, 0.6) is 5.75 Å². The molecule has 0 saturated carbocycles. The summed E-state index contributed by atoms with van der Waals surface area (Å²) in [4.78, 5) is 17.7. The molecule has 9 heteroatoms. The maximum Gasteiger partial charge on any atom is 0.257 e. The van der Waals surface area contributed by atoms with Crippen LogP contribution < -0.4 is 10.1 Å². The van der Waals surface area contributed by atoms with E-state index in [0.29, 0.717) is 36.0 Å². The Kier molecular flexibility index (Phi) is 5.31. The molecular weight excluding hydrogens is 374 g/mol. The molecule has 0 radical (unpaired) electrons. The highest BCUT2D eigenvalue weighted by Crippen LogP contribution is 2.29. The smallest absolute Gasteiger partial charge is 0.257 e. The third-order valence-corrected chi connectivity index (χ3v) is 6.12. The number of benzene rings is 1. The number of rotatable bonds is 5. The molecule has 3 rings (SSSR count). The third kappa shape index (κ3) is 4.40. The van der Waals surface area contributed by atoms with Gasteiger partial charge in [0.1, 0.15) is 5.75 Å². The molecular formula is C17H21N3O4S2. The van der Waals surface area contributed by atoms with E-state index in [1.54, 1.807) is 24.3 Å². The zero-order valence-electron chi connectivity index (χ0n) is 14.9. The van der Waals surface area contributed by atoms with Crippen LogP contribution in [-0.4, -0.2) is 42.5 Å². The summed E-state index contributed by atoms with van der Waals surface area (Å²) < 4.78 is 30.4. The first-order chi connectivity index (χ1) is 12.2. The van der Waals surface area contributed by atoms with Gasteiger partial charge in [-0.2, -0.15) is 4.31 Å². The van der Waals surface area contributed by atoms with E-state index < -0.39 is 10.0 Å². The molecule has 140 valence electrons. The molecule has 1 aromatic carbocycles. The first-order valence-corrected chi connectivity index (χ1v) is 10.9. The van der Waals surface area contributed by atoms with Gasteiger partial charge in [-0.3, -0.25) is 10.1 Å². The van der Waals surface area contributed by atoms with Crippen LogP contribution in [0, 0.1) is 0 Å². The van der Waals surface area contributed by atoms with Crippen LogP contribution in [0.15, 0.2) is 24.3 Å². The lowest BCUT2D eigenvalue weighted by Crippen LogP contribution is -2.34. The number of thiazole rings is 1. The van der Waals surface area contributed by atoms with Crippen molar-refractivity contribution >= 4 is 32.4 Å². The highest BCUT2D eigenvalue weighted by molar-refractivity contribution is 7.88. The Morgan fingerprint density at radius 2 is 2.00 bits per heavy atom. The zero-order chi connectivity index (χ0) is 18.9. The highest BCUT2D eigenvalue weighted by Gasteiger charge is 2.26. The molecule has 0 unspecified atom stereocenters. The van der Waals surface area contributed by atoms with Crippen molar-refractivity contribution in [2.75, 3.05) is 18.1 Å². The minimum Gasteiger partial charge on any atom is -0.491 e. The molecule has 0 aliphatic carbocycles. The number of ether oxygens (including phenoxy) is 1. The molecule has 0 bridgehead atoms. The van der Waals surface area contributed by atoms with Gasteiger partial charge in [0, 0.05) is 30.0 Å². The lowest BCUT2D eigenvalue weighted by Gasteiger charge is -2.23. The Morgan fingerprint density at radius 1 is 1.31 bits per heavy atom. The molecule has 0 saturated heterocycles. The quantitative estimate of drug-likeness (QED) is 0.840. The highest BCUT2D eigenvalue weighted by atomic mass is 32.2. The summed E-state index contributed by atoms with van der Waals surface area (Å²) >= 11 is 1.32. The van der Waals surface area contributed by atoms with Crippen LogP contribution in [-0.2, 0) is 23.0 Å². The SMILES string of the molecule is CC(C)Oc1ccc(C(=O)Nc2nc3c(s2)CN(S(C)(=O)=O)CC3)cc1. The Labute approximate surface area is 157 Å². The van der Waals surface area contributed by atoms with Crippen molar-refractivity contribution in [2.45, 2.75) is 32.9 Å². The van der Waals surface area contributed by atoms with Gasteiger partial charge in [-0.05, 0) is 38.1 Å². The van der Waals surface area contributed by atoms with Gasteiger partial charge in [0.2, 0.25) is 10.0 Å². The van der Waals surface area contributed by atoms with Crippen molar-refractivity contribution < 1.29 is 17.9 Å². The van der Waals surface area contributed by atoms with E-state index in [2.05, 4.69) is 10.3 Å². The number of anilines is 1. The molecule has 2 heterocycles. The molecule has 1 aromatic heterocycles. The second kappa shape index (κ2) is 7.34. The minimum absolute atomic E-state index is 0.0721. The van der Waals surface area contributed by atoms with E-state index in [1.165, 1.54) is 21.9 Å². The summed E-state index contributed by atoms with van der Waals surface area (Å²) in [5, 5.41) is 3.27. The standard InChI is InChI=1S/C17H21N3O4S2/c1-11(2)24-13-6-4-12(5-7-13)16(21)19-17-18-14-8-9-20(26(3,22)23)10-15(14)25-17/h4-7,11H,8-10H2,1-3H3,(H,18,19,21). The number of hydrogen-bond acceptors (Lipinski definition) is 6. The van der Waals surface area contributed by atoms with Gasteiger partial charge in [0.15, 0.2) is 5.13 Å². The largest absolute Gasteiger partial charge is 0.491 e. The van der Waals surface area contributed by atoms with Crippen LogP contribution in [0.3, 0.4) is 0 Å². The normalized spacial score (nSPS) is 14.9. The fourth-order valence-corrected chi connectivity index (χ4v) is 4.52. The third-order valence-electron chi connectivity index (χ3n) is 3.87. The van der Waals surface area contributed by atoms with Gasteiger partial charge in [-0.1, -0.05) is 0 Å². The number of fused-ring (bicyclic) bond motifs is 1. The fourth-order valence-electron chi connectivity index (χ4n) is 2.63. The molecule has 0 atom stereocenters. The Bertz CT molecular complexity index is 905. The van der Waals surface area contributed by atoms with Gasteiger partial charge >= 0.3 is 0 Å².